The van der Waals surface area contributed by atoms with Crippen molar-refractivity contribution in [2.24, 2.45) is 0 Å². The summed E-state index contributed by atoms with van der Waals surface area (Å²) in [5, 5.41) is 0. The van der Waals surface area contributed by atoms with E-state index in [4.69, 9.17) is 0 Å². The van der Waals surface area contributed by atoms with Crippen molar-refractivity contribution < 1.29 is 14.0 Å². The summed E-state index contributed by atoms with van der Waals surface area (Å²) in [5.41, 5.74) is 4.15. The molecule has 0 unspecified atom stereocenters. The molecule has 0 saturated heterocycles. The predicted octanol–water partition coefficient (Wildman–Crippen LogP) is 3.15. The fraction of sp³-hybridized carbons (Fsp3) is 0.154. The summed E-state index contributed by atoms with van der Waals surface area (Å²) in [6, 6.07) is 8.00. The maximum Gasteiger partial charge on any atom is 0.284 e. The van der Waals surface area contributed by atoms with E-state index >= 15 is 0 Å². The van der Waals surface area contributed by atoms with Crippen molar-refractivity contribution in [1.82, 2.24) is 5.48 Å². The molecule has 1 aromatic heterocycles. The van der Waals surface area contributed by atoms with Gasteiger partial charge in [0, 0.05) is 4.88 Å². The number of nitrogens with one attached hydrogen (secondary N) is 1. The first-order valence-corrected chi connectivity index (χ1v) is 6.13. The topological polar surface area (TPSA) is 38.3 Å². The number of hydrogen-bond donors (Lipinski definition) is 1. The minimum absolute atomic E-state index is 0.273. The van der Waals surface area contributed by atoms with E-state index in [2.05, 4.69) is 10.3 Å². The number of amides is 1. The van der Waals surface area contributed by atoms with E-state index in [0.717, 1.165) is 16.0 Å². The Bertz CT molecular complexity index is 563. The van der Waals surface area contributed by atoms with Crippen LogP contribution < -0.4 is 5.48 Å². The molecule has 0 radical (unpaired) electrons. The van der Waals surface area contributed by atoms with Crippen LogP contribution in [-0.2, 0) is 4.84 Å². The zero-order valence-corrected chi connectivity index (χ0v) is 10.8. The number of hydroxylamine groups is 1. The lowest BCUT2D eigenvalue weighted by Gasteiger charge is -1.99. The molecule has 0 bridgehead atoms. The molecule has 0 spiro atoms. The number of thiophene rings is 1. The molecule has 0 fully saturated rings. The Morgan fingerprint density at radius 2 is 2.00 bits per heavy atom. The number of aryl methyl sites for hydroxylation is 1. The van der Waals surface area contributed by atoms with Gasteiger partial charge in [-0.15, -0.1) is 11.3 Å². The number of hydrogen-bond acceptors (Lipinski definition) is 3. The quantitative estimate of drug-likeness (QED) is 0.866. The van der Waals surface area contributed by atoms with Crippen LogP contribution in [-0.4, -0.2) is 13.0 Å². The summed E-state index contributed by atoms with van der Waals surface area (Å²) in [5.74, 6) is -0.552. The molecular weight excluding hydrogens is 253 g/mol. The highest BCUT2D eigenvalue weighted by atomic mass is 32.1. The van der Waals surface area contributed by atoms with E-state index in [0.29, 0.717) is 4.88 Å². The lowest BCUT2D eigenvalue weighted by Crippen LogP contribution is -2.20. The van der Waals surface area contributed by atoms with Crippen LogP contribution >= 0.6 is 11.3 Å². The highest BCUT2D eigenvalue weighted by Crippen LogP contribution is 2.32. The Hall–Kier alpha value is -1.72. The first kappa shape index (κ1) is 12.7. The first-order chi connectivity index (χ1) is 8.61. The van der Waals surface area contributed by atoms with E-state index in [-0.39, 0.29) is 11.7 Å². The lowest BCUT2D eigenvalue weighted by atomic mass is 10.1. The van der Waals surface area contributed by atoms with Gasteiger partial charge in [0.15, 0.2) is 0 Å². The molecule has 18 heavy (non-hydrogen) atoms. The molecule has 1 amide bonds. The van der Waals surface area contributed by atoms with Gasteiger partial charge in [0.25, 0.3) is 5.91 Å². The third kappa shape index (κ3) is 2.57. The van der Waals surface area contributed by atoms with Crippen LogP contribution in [0.4, 0.5) is 4.39 Å². The predicted molar refractivity (Wildman–Crippen MR) is 68.9 cm³/mol. The van der Waals surface area contributed by atoms with Gasteiger partial charge in [0.1, 0.15) is 5.82 Å². The number of carbonyl (C=O) groups excluding carboxylic acids is 1. The van der Waals surface area contributed by atoms with E-state index in [9.17, 15) is 9.18 Å². The van der Waals surface area contributed by atoms with Crippen LogP contribution in [0, 0.1) is 12.7 Å². The van der Waals surface area contributed by atoms with E-state index in [1.165, 1.54) is 30.6 Å². The number of benzene rings is 1. The molecule has 0 aliphatic heterocycles. The van der Waals surface area contributed by atoms with Gasteiger partial charge in [0.05, 0.1) is 12.0 Å². The Kier molecular flexibility index (Phi) is 3.74. The van der Waals surface area contributed by atoms with Gasteiger partial charge in [-0.2, -0.15) is 0 Å². The van der Waals surface area contributed by atoms with Crippen molar-refractivity contribution >= 4 is 17.2 Å². The van der Waals surface area contributed by atoms with Gasteiger partial charge in [-0.1, -0.05) is 12.1 Å². The number of rotatable bonds is 3. The summed E-state index contributed by atoms with van der Waals surface area (Å²) in [6.45, 7) is 1.92. The van der Waals surface area contributed by atoms with Crippen molar-refractivity contribution in [2.45, 2.75) is 6.92 Å². The van der Waals surface area contributed by atoms with Crippen molar-refractivity contribution in [3.63, 3.8) is 0 Å². The molecule has 5 heteroatoms. The normalized spacial score (nSPS) is 10.4. The molecule has 1 aromatic carbocycles. The van der Waals surface area contributed by atoms with Gasteiger partial charge < -0.3 is 0 Å². The second-order valence-corrected chi connectivity index (χ2v) is 4.82. The fourth-order valence-corrected chi connectivity index (χ4v) is 2.69. The van der Waals surface area contributed by atoms with Crippen molar-refractivity contribution in [3.05, 3.63) is 46.6 Å². The minimum Gasteiger partial charge on any atom is -0.277 e. The molecule has 0 aliphatic rings. The van der Waals surface area contributed by atoms with Gasteiger partial charge in [-0.25, -0.2) is 9.87 Å². The molecule has 0 aliphatic carbocycles. The van der Waals surface area contributed by atoms with Gasteiger partial charge in [-0.05, 0) is 36.2 Å². The molecule has 2 rings (SSSR count). The zero-order valence-electron chi connectivity index (χ0n) is 9.99. The summed E-state index contributed by atoms with van der Waals surface area (Å²) in [7, 11) is 1.39. The van der Waals surface area contributed by atoms with Crippen LogP contribution in [0.1, 0.15) is 15.2 Å². The zero-order chi connectivity index (χ0) is 13.1. The van der Waals surface area contributed by atoms with E-state index < -0.39 is 0 Å². The van der Waals surface area contributed by atoms with Crippen LogP contribution in [0.5, 0.6) is 0 Å². The summed E-state index contributed by atoms with van der Waals surface area (Å²) >= 11 is 1.35. The molecule has 1 N–H and O–H groups in total. The van der Waals surface area contributed by atoms with Gasteiger partial charge >= 0.3 is 0 Å². The molecule has 0 saturated carbocycles. The van der Waals surface area contributed by atoms with Crippen molar-refractivity contribution in [1.29, 1.82) is 0 Å². The highest BCUT2D eigenvalue weighted by molar-refractivity contribution is 7.17. The molecule has 3 nitrogen and oxygen atoms in total. The fourth-order valence-electron chi connectivity index (χ4n) is 1.62. The Morgan fingerprint density at radius 1 is 1.33 bits per heavy atom. The summed E-state index contributed by atoms with van der Waals surface area (Å²) in [4.78, 5) is 17.7. The van der Waals surface area contributed by atoms with Crippen molar-refractivity contribution in [2.75, 3.05) is 7.11 Å². The van der Waals surface area contributed by atoms with E-state index in [1.807, 2.05) is 6.92 Å². The molecule has 0 atom stereocenters. The summed E-state index contributed by atoms with van der Waals surface area (Å²) in [6.07, 6.45) is 0. The van der Waals surface area contributed by atoms with Crippen molar-refractivity contribution in [3.8, 4) is 10.4 Å². The monoisotopic (exact) mass is 265 g/mol. The van der Waals surface area contributed by atoms with Crippen LogP contribution in [0.15, 0.2) is 30.3 Å². The second kappa shape index (κ2) is 5.29. The van der Waals surface area contributed by atoms with Crippen LogP contribution in [0.25, 0.3) is 10.4 Å². The van der Waals surface area contributed by atoms with Gasteiger partial charge in [0.2, 0.25) is 0 Å². The third-order valence-electron chi connectivity index (χ3n) is 2.44. The average Bonchev–Trinajstić information content (AvgIpc) is 2.73. The summed E-state index contributed by atoms with van der Waals surface area (Å²) < 4.78 is 12.9. The molecule has 94 valence electrons. The Balaban J connectivity index is 2.34. The maximum atomic E-state index is 12.9. The Morgan fingerprint density at radius 3 is 2.61 bits per heavy atom. The average molecular weight is 265 g/mol. The van der Waals surface area contributed by atoms with Crippen LogP contribution in [0.3, 0.4) is 0 Å². The minimum atomic E-state index is -0.279. The third-order valence-corrected chi connectivity index (χ3v) is 3.73. The standard InChI is InChI=1S/C13H12FNO2S/c1-8-7-11(13(16)15-17-2)18-12(8)9-3-5-10(14)6-4-9/h3-7H,1-2H3,(H,15,16). The Labute approximate surface area is 108 Å². The number of halogens is 1. The van der Waals surface area contributed by atoms with Gasteiger partial charge in [-0.3, -0.25) is 9.63 Å². The molecular formula is C13H12FNO2S. The largest absolute Gasteiger partial charge is 0.284 e. The van der Waals surface area contributed by atoms with Crippen LogP contribution in [0.2, 0.25) is 0 Å². The highest BCUT2D eigenvalue weighted by Gasteiger charge is 2.13. The van der Waals surface area contributed by atoms with E-state index in [1.54, 1.807) is 18.2 Å². The first-order valence-electron chi connectivity index (χ1n) is 5.31. The molecule has 2 aromatic rings. The number of carbonyl (C=O) groups is 1. The molecule has 1 heterocycles. The maximum absolute atomic E-state index is 12.9. The SMILES string of the molecule is CONC(=O)c1cc(C)c(-c2ccc(F)cc2)s1. The smallest absolute Gasteiger partial charge is 0.277 e. The second-order valence-electron chi connectivity index (χ2n) is 3.76. The lowest BCUT2D eigenvalue weighted by molar-refractivity contribution is 0.0542.